The van der Waals surface area contributed by atoms with Crippen molar-refractivity contribution in [1.82, 2.24) is 10.6 Å². The van der Waals surface area contributed by atoms with E-state index >= 15 is 0 Å². The minimum Gasteiger partial charge on any atom is -0.356 e. The van der Waals surface area contributed by atoms with Crippen LogP contribution < -0.4 is 10.6 Å². The molecule has 0 heterocycles. The van der Waals surface area contributed by atoms with Gasteiger partial charge in [0.05, 0.1) is 0 Å². The lowest BCUT2D eigenvalue weighted by Gasteiger charge is -2.04. The first-order valence-electron chi connectivity index (χ1n) is 6.94. The van der Waals surface area contributed by atoms with E-state index in [2.05, 4.69) is 10.6 Å². The predicted octanol–water partition coefficient (Wildman–Crippen LogP) is 2.46. The summed E-state index contributed by atoms with van der Waals surface area (Å²) in [6.45, 7) is 3.49. The molecule has 0 aliphatic rings. The molecule has 19 heavy (non-hydrogen) atoms. The zero-order chi connectivity index (χ0) is 14.3. The Morgan fingerprint density at radius 2 is 1.68 bits per heavy atom. The molecule has 2 amide bonds. The Morgan fingerprint density at radius 3 is 2.26 bits per heavy atom. The normalized spacial score (nSPS) is 10.6. The lowest BCUT2D eigenvalue weighted by molar-refractivity contribution is -0.121. The van der Waals surface area contributed by atoms with Gasteiger partial charge in [0.25, 0.3) is 0 Å². The predicted molar refractivity (Wildman–Crippen MR) is 82.1 cm³/mol. The Balaban J connectivity index is 3.25. The van der Waals surface area contributed by atoms with Gasteiger partial charge in [0, 0.05) is 25.6 Å². The highest BCUT2D eigenvalue weighted by Crippen LogP contribution is 1.98. The number of nitrogens with one attached hydrogen (secondary N) is 2. The molecule has 0 radical (unpaired) electrons. The molecular formula is C14H26N2O2S. The maximum absolute atomic E-state index is 11.2. The molecule has 4 nitrogen and oxygen atoms in total. The Labute approximate surface area is 120 Å². The van der Waals surface area contributed by atoms with Gasteiger partial charge in [0.2, 0.25) is 11.8 Å². The van der Waals surface area contributed by atoms with Crippen molar-refractivity contribution in [1.29, 1.82) is 0 Å². The van der Waals surface area contributed by atoms with E-state index in [-0.39, 0.29) is 11.8 Å². The van der Waals surface area contributed by atoms with Gasteiger partial charge in [-0.2, -0.15) is 0 Å². The topological polar surface area (TPSA) is 58.2 Å². The Morgan fingerprint density at radius 1 is 1.05 bits per heavy atom. The summed E-state index contributed by atoms with van der Waals surface area (Å²) < 4.78 is 0. The molecule has 0 aliphatic heterocycles. The van der Waals surface area contributed by atoms with Crippen molar-refractivity contribution in [3.63, 3.8) is 0 Å². The molecular weight excluding hydrogens is 260 g/mol. The number of carbonyl (C=O) groups excluding carboxylic acids is 2. The average Bonchev–Trinajstić information content (AvgIpc) is 2.39. The molecule has 0 unspecified atom stereocenters. The van der Waals surface area contributed by atoms with Crippen molar-refractivity contribution < 1.29 is 9.59 Å². The van der Waals surface area contributed by atoms with Crippen molar-refractivity contribution in [3.05, 3.63) is 11.5 Å². The quantitative estimate of drug-likeness (QED) is 0.453. The first kappa shape index (κ1) is 18.0. The molecule has 0 rings (SSSR count). The monoisotopic (exact) mass is 286 g/mol. The summed E-state index contributed by atoms with van der Waals surface area (Å²) in [5.41, 5.74) is 0. The SMILES string of the molecule is CCCC(=O)NCCCCCCNC(=O)/C=C/SC. The molecule has 0 atom stereocenters. The zero-order valence-corrected chi connectivity index (χ0v) is 12.9. The third kappa shape index (κ3) is 13.3. The van der Waals surface area contributed by atoms with Crippen LogP contribution >= 0.6 is 11.8 Å². The van der Waals surface area contributed by atoms with Gasteiger partial charge in [-0.3, -0.25) is 9.59 Å². The molecule has 0 spiro atoms. The van der Waals surface area contributed by atoms with Gasteiger partial charge in [-0.15, -0.1) is 11.8 Å². The third-order valence-corrected chi connectivity index (χ3v) is 2.97. The van der Waals surface area contributed by atoms with E-state index < -0.39 is 0 Å². The number of thioether (sulfide) groups is 1. The molecule has 0 aliphatic carbocycles. The first-order valence-corrected chi connectivity index (χ1v) is 8.23. The second-order valence-electron chi connectivity index (χ2n) is 4.34. The Kier molecular flexibility index (Phi) is 12.8. The molecule has 0 saturated heterocycles. The summed E-state index contributed by atoms with van der Waals surface area (Å²) >= 11 is 1.51. The van der Waals surface area contributed by atoms with Crippen molar-refractivity contribution >= 4 is 23.6 Å². The van der Waals surface area contributed by atoms with Gasteiger partial charge < -0.3 is 10.6 Å². The van der Waals surface area contributed by atoms with Gasteiger partial charge in [0.1, 0.15) is 0 Å². The molecule has 0 aromatic heterocycles. The summed E-state index contributed by atoms with van der Waals surface area (Å²) in [7, 11) is 0. The largest absolute Gasteiger partial charge is 0.356 e. The van der Waals surface area contributed by atoms with Gasteiger partial charge in [-0.1, -0.05) is 19.8 Å². The van der Waals surface area contributed by atoms with Gasteiger partial charge in [-0.25, -0.2) is 0 Å². The Bertz CT molecular complexity index is 281. The van der Waals surface area contributed by atoms with Crippen LogP contribution in [0, 0.1) is 0 Å². The fraction of sp³-hybridized carbons (Fsp3) is 0.714. The minimum absolute atomic E-state index is 0.0267. The Hall–Kier alpha value is -0.970. The van der Waals surface area contributed by atoms with E-state index in [0.29, 0.717) is 6.42 Å². The number of hydrogen-bond donors (Lipinski definition) is 2. The summed E-state index contributed by atoms with van der Waals surface area (Å²) in [4.78, 5) is 22.4. The van der Waals surface area contributed by atoms with Crippen LogP contribution in [0.2, 0.25) is 0 Å². The van der Waals surface area contributed by atoms with Crippen molar-refractivity contribution in [3.8, 4) is 0 Å². The standard InChI is InChI=1S/C14H26N2O2S/c1-3-8-13(17)15-10-6-4-5-7-11-16-14(18)9-12-19-2/h9,12H,3-8,10-11H2,1-2H3,(H,15,17)(H,16,18)/b12-9+. The smallest absolute Gasteiger partial charge is 0.244 e. The second kappa shape index (κ2) is 13.5. The van der Waals surface area contributed by atoms with Gasteiger partial charge in [0.15, 0.2) is 0 Å². The number of carbonyl (C=O) groups is 2. The van der Waals surface area contributed by atoms with Crippen LogP contribution in [0.5, 0.6) is 0 Å². The molecule has 5 heteroatoms. The van der Waals surface area contributed by atoms with Crippen LogP contribution in [-0.2, 0) is 9.59 Å². The fourth-order valence-electron chi connectivity index (χ4n) is 1.55. The van der Waals surface area contributed by atoms with E-state index in [0.717, 1.165) is 45.2 Å². The van der Waals surface area contributed by atoms with Crippen molar-refractivity contribution in [2.45, 2.75) is 45.4 Å². The molecule has 0 saturated carbocycles. The van der Waals surface area contributed by atoms with Crippen LogP contribution in [0.3, 0.4) is 0 Å². The maximum atomic E-state index is 11.2. The van der Waals surface area contributed by atoms with E-state index in [9.17, 15) is 9.59 Å². The van der Waals surface area contributed by atoms with Crippen LogP contribution in [-0.4, -0.2) is 31.2 Å². The summed E-state index contributed by atoms with van der Waals surface area (Å²) in [6.07, 6.45) is 9.15. The highest BCUT2D eigenvalue weighted by molar-refractivity contribution is 8.01. The van der Waals surface area contributed by atoms with E-state index in [1.54, 1.807) is 11.5 Å². The molecule has 0 aromatic carbocycles. The number of amides is 2. The average molecular weight is 286 g/mol. The summed E-state index contributed by atoms with van der Waals surface area (Å²) in [6, 6.07) is 0. The number of hydrogen-bond acceptors (Lipinski definition) is 3. The van der Waals surface area contributed by atoms with Crippen LogP contribution in [0.1, 0.15) is 45.4 Å². The minimum atomic E-state index is -0.0267. The zero-order valence-electron chi connectivity index (χ0n) is 12.0. The van der Waals surface area contributed by atoms with Crippen molar-refractivity contribution in [2.24, 2.45) is 0 Å². The van der Waals surface area contributed by atoms with Crippen LogP contribution in [0.15, 0.2) is 11.5 Å². The molecule has 0 bridgehead atoms. The maximum Gasteiger partial charge on any atom is 0.244 e. The molecule has 110 valence electrons. The van der Waals surface area contributed by atoms with Gasteiger partial charge >= 0.3 is 0 Å². The lowest BCUT2D eigenvalue weighted by Crippen LogP contribution is -2.24. The highest BCUT2D eigenvalue weighted by atomic mass is 32.2. The number of unbranched alkanes of at least 4 members (excludes halogenated alkanes) is 3. The van der Waals surface area contributed by atoms with Crippen LogP contribution in [0.25, 0.3) is 0 Å². The third-order valence-electron chi connectivity index (χ3n) is 2.56. The summed E-state index contributed by atoms with van der Waals surface area (Å²) in [5, 5.41) is 7.50. The first-order chi connectivity index (χ1) is 9.20. The number of rotatable bonds is 11. The van der Waals surface area contributed by atoms with E-state index in [1.807, 2.05) is 13.2 Å². The molecule has 0 aromatic rings. The second-order valence-corrected chi connectivity index (χ2v) is 5.09. The fourth-order valence-corrected chi connectivity index (χ4v) is 1.81. The highest BCUT2D eigenvalue weighted by Gasteiger charge is 1.98. The summed E-state index contributed by atoms with van der Waals surface area (Å²) in [5.74, 6) is 0.122. The van der Waals surface area contributed by atoms with E-state index in [4.69, 9.17) is 0 Å². The van der Waals surface area contributed by atoms with Crippen molar-refractivity contribution in [2.75, 3.05) is 19.3 Å². The van der Waals surface area contributed by atoms with Gasteiger partial charge in [-0.05, 0) is 30.9 Å². The van der Waals surface area contributed by atoms with E-state index in [1.165, 1.54) is 11.8 Å². The van der Waals surface area contributed by atoms with Crippen LogP contribution in [0.4, 0.5) is 0 Å². The molecule has 2 N–H and O–H groups in total. The lowest BCUT2D eigenvalue weighted by atomic mass is 10.2. The molecule has 0 fully saturated rings.